The lowest BCUT2D eigenvalue weighted by Crippen LogP contribution is -2.17. The van der Waals surface area contributed by atoms with Crippen molar-refractivity contribution in [2.45, 2.75) is 20.0 Å². The van der Waals surface area contributed by atoms with E-state index >= 15 is 0 Å². The molecule has 0 saturated heterocycles. The van der Waals surface area contributed by atoms with E-state index < -0.39 is 0 Å². The lowest BCUT2D eigenvalue weighted by Gasteiger charge is -2.18. The van der Waals surface area contributed by atoms with Gasteiger partial charge >= 0.3 is 0 Å². The standard InChI is InChI=1S/C15H13N3/c1-11-6-7-17-15(14(11)8-16)18-9-12-4-2-3-5-13(12)10-18/h2-7H,9-10H2,1H3. The first-order valence-electron chi connectivity index (χ1n) is 5.97. The molecule has 2 heterocycles. The smallest absolute Gasteiger partial charge is 0.147 e. The first-order chi connectivity index (χ1) is 8.79. The molecule has 0 bridgehead atoms. The largest absolute Gasteiger partial charge is 0.347 e. The zero-order valence-corrected chi connectivity index (χ0v) is 10.2. The molecule has 0 radical (unpaired) electrons. The molecule has 0 atom stereocenters. The van der Waals surface area contributed by atoms with Crippen LogP contribution in [0, 0.1) is 18.3 Å². The van der Waals surface area contributed by atoms with E-state index in [0.29, 0.717) is 5.56 Å². The number of anilines is 1. The predicted molar refractivity (Wildman–Crippen MR) is 70.0 cm³/mol. The third kappa shape index (κ3) is 1.63. The Morgan fingerprint density at radius 1 is 1.17 bits per heavy atom. The molecule has 1 aromatic carbocycles. The molecule has 2 aromatic rings. The third-order valence-corrected chi connectivity index (χ3v) is 3.39. The summed E-state index contributed by atoms with van der Waals surface area (Å²) in [5.41, 5.74) is 4.32. The van der Waals surface area contributed by atoms with E-state index in [1.807, 2.05) is 13.0 Å². The number of rotatable bonds is 1. The summed E-state index contributed by atoms with van der Waals surface area (Å²) in [6.07, 6.45) is 1.77. The van der Waals surface area contributed by atoms with Crippen molar-refractivity contribution in [3.05, 3.63) is 58.8 Å². The fourth-order valence-electron chi connectivity index (χ4n) is 2.40. The second kappa shape index (κ2) is 4.15. The summed E-state index contributed by atoms with van der Waals surface area (Å²) in [6.45, 7) is 3.62. The number of pyridine rings is 1. The van der Waals surface area contributed by atoms with Gasteiger partial charge in [0.25, 0.3) is 0 Å². The summed E-state index contributed by atoms with van der Waals surface area (Å²) in [5.74, 6) is 0.800. The van der Waals surface area contributed by atoms with Gasteiger partial charge in [0.1, 0.15) is 11.9 Å². The van der Waals surface area contributed by atoms with Gasteiger partial charge < -0.3 is 4.90 Å². The zero-order chi connectivity index (χ0) is 12.5. The van der Waals surface area contributed by atoms with Crippen molar-refractivity contribution in [2.24, 2.45) is 0 Å². The van der Waals surface area contributed by atoms with E-state index in [-0.39, 0.29) is 0 Å². The van der Waals surface area contributed by atoms with Gasteiger partial charge in [0.2, 0.25) is 0 Å². The van der Waals surface area contributed by atoms with Crippen LogP contribution in [0.3, 0.4) is 0 Å². The highest BCUT2D eigenvalue weighted by atomic mass is 15.2. The Kier molecular flexibility index (Phi) is 2.49. The van der Waals surface area contributed by atoms with Crippen LogP contribution in [0.5, 0.6) is 0 Å². The summed E-state index contributed by atoms with van der Waals surface area (Å²) in [4.78, 5) is 6.54. The molecule has 18 heavy (non-hydrogen) atoms. The van der Waals surface area contributed by atoms with Crippen LogP contribution in [-0.2, 0) is 13.1 Å². The molecule has 3 rings (SSSR count). The van der Waals surface area contributed by atoms with Gasteiger partial charge in [-0.3, -0.25) is 0 Å². The highest BCUT2D eigenvalue weighted by molar-refractivity contribution is 5.59. The van der Waals surface area contributed by atoms with Gasteiger partial charge in [0.05, 0.1) is 5.56 Å². The molecule has 0 unspecified atom stereocenters. The van der Waals surface area contributed by atoms with E-state index in [9.17, 15) is 5.26 Å². The van der Waals surface area contributed by atoms with Crippen LogP contribution in [0.2, 0.25) is 0 Å². The maximum atomic E-state index is 9.26. The molecule has 0 saturated carbocycles. The first kappa shape index (κ1) is 10.8. The normalized spacial score (nSPS) is 13.2. The summed E-state index contributed by atoms with van der Waals surface area (Å²) in [7, 11) is 0. The minimum Gasteiger partial charge on any atom is -0.347 e. The second-order valence-electron chi connectivity index (χ2n) is 4.56. The lowest BCUT2D eigenvalue weighted by atomic mass is 10.1. The van der Waals surface area contributed by atoms with Crippen LogP contribution in [0.25, 0.3) is 0 Å². The average molecular weight is 235 g/mol. The predicted octanol–water partition coefficient (Wildman–Crippen LogP) is 2.78. The van der Waals surface area contributed by atoms with Crippen LogP contribution in [0.4, 0.5) is 5.82 Å². The average Bonchev–Trinajstić information content (AvgIpc) is 2.82. The Bertz CT molecular complexity index is 615. The Morgan fingerprint density at radius 3 is 2.44 bits per heavy atom. The molecule has 1 aromatic heterocycles. The number of aromatic nitrogens is 1. The molecule has 0 spiro atoms. The molecular weight excluding hydrogens is 222 g/mol. The number of hydrogen-bond donors (Lipinski definition) is 0. The van der Waals surface area contributed by atoms with Crippen molar-refractivity contribution in [1.29, 1.82) is 5.26 Å². The Balaban J connectivity index is 2.01. The van der Waals surface area contributed by atoms with Crippen molar-refractivity contribution >= 4 is 5.82 Å². The lowest BCUT2D eigenvalue weighted by molar-refractivity contribution is 0.852. The second-order valence-corrected chi connectivity index (χ2v) is 4.56. The van der Waals surface area contributed by atoms with Crippen molar-refractivity contribution < 1.29 is 0 Å². The Labute approximate surface area is 106 Å². The van der Waals surface area contributed by atoms with E-state index in [1.165, 1.54) is 11.1 Å². The molecule has 0 fully saturated rings. The van der Waals surface area contributed by atoms with Crippen LogP contribution >= 0.6 is 0 Å². The van der Waals surface area contributed by atoms with Gasteiger partial charge in [-0.2, -0.15) is 5.26 Å². The summed E-state index contributed by atoms with van der Waals surface area (Å²) in [6, 6.07) is 12.5. The highest BCUT2D eigenvalue weighted by Crippen LogP contribution is 2.29. The van der Waals surface area contributed by atoms with Crippen LogP contribution in [0.15, 0.2) is 36.5 Å². The molecule has 3 heteroatoms. The van der Waals surface area contributed by atoms with Gasteiger partial charge in [-0.1, -0.05) is 24.3 Å². The highest BCUT2D eigenvalue weighted by Gasteiger charge is 2.22. The molecule has 1 aliphatic rings. The minimum absolute atomic E-state index is 0.685. The minimum atomic E-state index is 0.685. The van der Waals surface area contributed by atoms with Crippen molar-refractivity contribution in [1.82, 2.24) is 4.98 Å². The topological polar surface area (TPSA) is 39.9 Å². The number of nitriles is 1. The molecule has 1 aliphatic heterocycles. The number of fused-ring (bicyclic) bond motifs is 1. The molecule has 3 nitrogen and oxygen atoms in total. The Morgan fingerprint density at radius 2 is 1.83 bits per heavy atom. The maximum absolute atomic E-state index is 9.26. The van der Waals surface area contributed by atoms with Crippen molar-refractivity contribution in [2.75, 3.05) is 4.90 Å². The van der Waals surface area contributed by atoms with Crippen LogP contribution < -0.4 is 4.90 Å². The molecule has 0 amide bonds. The zero-order valence-electron chi connectivity index (χ0n) is 10.2. The summed E-state index contributed by atoms with van der Waals surface area (Å²) in [5, 5.41) is 9.26. The summed E-state index contributed by atoms with van der Waals surface area (Å²) >= 11 is 0. The molecule has 0 aliphatic carbocycles. The van der Waals surface area contributed by atoms with Crippen molar-refractivity contribution in [3.63, 3.8) is 0 Å². The first-order valence-corrected chi connectivity index (χ1v) is 5.97. The quantitative estimate of drug-likeness (QED) is 0.763. The van der Waals surface area contributed by atoms with E-state index in [4.69, 9.17) is 0 Å². The van der Waals surface area contributed by atoms with E-state index in [0.717, 1.165) is 24.5 Å². The van der Waals surface area contributed by atoms with Crippen LogP contribution in [-0.4, -0.2) is 4.98 Å². The SMILES string of the molecule is Cc1ccnc(N2Cc3ccccc3C2)c1C#N. The fourth-order valence-corrected chi connectivity index (χ4v) is 2.40. The fraction of sp³-hybridized carbons (Fsp3) is 0.200. The molecule has 88 valence electrons. The van der Waals surface area contributed by atoms with Gasteiger partial charge in [-0.25, -0.2) is 4.98 Å². The van der Waals surface area contributed by atoms with E-state index in [1.54, 1.807) is 6.20 Å². The van der Waals surface area contributed by atoms with Gasteiger partial charge in [0, 0.05) is 19.3 Å². The Hall–Kier alpha value is -2.34. The number of benzene rings is 1. The van der Waals surface area contributed by atoms with Gasteiger partial charge in [-0.05, 0) is 29.7 Å². The van der Waals surface area contributed by atoms with Crippen molar-refractivity contribution in [3.8, 4) is 6.07 Å². The third-order valence-electron chi connectivity index (χ3n) is 3.39. The van der Waals surface area contributed by atoms with Crippen LogP contribution in [0.1, 0.15) is 22.3 Å². The van der Waals surface area contributed by atoms with Gasteiger partial charge in [-0.15, -0.1) is 0 Å². The number of nitrogens with zero attached hydrogens (tertiary/aromatic N) is 3. The molecule has 0 N–H and O–H groups in total. The van der Waals surface area contributed by atoms with Gasteiger partial charge in [0.15, 0.2) is 0 Å². The number of hydrogen-bond acceptors (Lipinski definition) is 3. The monoisotopic (exact) mass is 235 g/mol. The maximum Gasteiger partial charge on any atom is 0.147 e. The van der Waals surface area contributed by atoms with E-state index in [2.05, 4.69) is 40.2 Å². The molecular formula is C15H13N3. The summed E-state index contributed by atoms with van der Waals surface area (Å²) < 4.78 is 0. The number of aryl methyl sites for hydroxylation is 1.